The van der Waals surface area contributed by atoms with Gasteiger partial charge >= 0.3 is 13.2 Å². The van der Waals surface area contributed by atoms with E-state index in [-0.39, 0.29) is 6.10 Å². The molecule has 3 rings (SSSR count). The van der Waals surface area contributed by atoms with E-state index < -0.39 is 24.4 Å². The summed E-state index contributed by atoms with van der Waals surface area (Å²) in [6.07, 6.45) is 4.27. The van der Waals surface area contributed by atoms with E-state index in [0.29, 0.717) is 11.3 Å². The standard InChI is InChI=1S/C16H23BN2O4/c1-15(2)16(3,4)23-17(22-15)13-10-11(8-9-18-13)19-14(20)21-12-6-5-7-12/h8-10,12H,5-7H2,1-4H3,(H,18,19,20). The Balaban J connectivity index is 1.67. The minimum atomic E-state index is -0.551. The van der Waals surface area contributed by atoms with Gasteiger partial charge in [0.25, 0.3) is 0 Å². The molecule has 1 saturated heterocycles. The number of hydrogen-bond acceptors (Lipinski definition) is 5. The van der Waals surface area contributed by atoms with Gasteiger partial charge in [0.2, 0.25) is 0 Å². The van der Waals surface area contributed by atoms with Gasteiger partial charge in [-0.1, -0.05) is 0 Å². The Morgan fingerprint density at radius 2 is 1.96 bits per heavy atom. The van der Waals surface area contributed by atoms with Crippen LogP contribution in [-0.2, 0) is 14.0 Å². The second-order valence-corrected chi connectivity index (χ2v) is 7.14. The summed E-state index contributed by atoms with van der Waals surface area (Å²) in [5.41, 5.74) is 0.400. The molecule has 0 atom stereocenters. The van der Waals surface area contributed by atoms with E-state index in [1.165, 1.54) is 0 Å². The van der Waals surface area contributed by atoms with Gasteiger partial charge in [0.1, 0.15) is 6.10 Å². The molecule has 1 saturated carbocycles. The number of pyridine rings is 1. The van der Waals surface area contributed by atoms with Crippen LogP contribution in [0.3, 0.4) is 0 Å². The lowest BCUT2D eigenvalue weighted by atomic mass is 9.84. The molecule has 0 aromatic carbocycles. The number of carbonyl (C=O) groups excluding carboxylic acids is 1. The molecule has 0 bridgehead atoms. The van der Waals surface area contributed by atoms with E-state index in [2.05, 4.69) is 10.3 Å². The Hall–Kier alpha value is -1.60. The highest BCUT2D eigenvalue weighted by Gasteiger charge is 2.52. The molecular formula is C16H23BN2O4. The van der Waals surface area contributed by atoms with Gasteiger partial charge in [-0.15, -0.1) is 0 Å². The zero-order valence-electron chi connectivity index (χ0n) is 14.1. The van der Waals surface area contributed by atoms with Crippen molar-refractivity contribution in [3.8, 4) is 0 Å². The number of ether oxygens (including phenoxy) is 1. The van der Waals surface area contributed by atoms with Crippen LogP contribution in [0.2, 0.25) is 0 Å². The van der Waals surface area contributed by atoms with Crippen molar-refractivity contribution >= 4 is 24.5 Å². The molecule has 0 unspecified atom stereocenters. The Morgan fingerprint density at radius 1 is 1.30 bits per heavy atom. The van der Waals surface area contributed by atoms with Gasteiger partial charge in [0.15, 0.2) is 0 Å². The van der Waals surface area contributed by atoms with Crippen molar-refractivity contribution in [1.82, 2.24) is 4.98 Å². The molecular weight excluding hydrogens is 295 g/mol. The first-order valence-corrected chi connectivity index (χ1v) is 8.06. The summed E-state index contributed by atoms with van der Waals surface area (Å²) in [7, 11) is -0.551. The predicted molar refractivity (Wildman–Crippen MR) is 87.7 cm³/mol. The first kappa shape index (κ1) is 16.3. The summed E-state index contributed by atoms with van der Waals surface area (Å²) in [6, 6.07) is 3.47. The average molecular weight is 318 g/mol. The second kappa shape index (κ2) is 5.80. The van der Waals surface area contributed by atoms with Gasteiger partial charge in [0, 0.05) is 11.9 Å². The molecule has 0 radical (unpaired) electrons. The fourth-order valence-corrected chi connectivity index (χ4v) is 2.41. The zero-order chi connectivity index (χ0) is 16.7. The molecule has 1 amide bonds. The van der Waals surface area contributed by atoms with Crippen LogP contribution in [0, 0.1) is 0 Å². The molecule has 124 valence electrons. The summed E-state index contributed by atoms with van der Waals surface area (Å²) in [6.45, 7) is 7.96. The molecule has 1 N–H and O–H groups in total. The van der Waals surface area contributed by atoms with Crippen molar-refractivity contribution in [2.45, 2.75) is 64.3 Å². The number of nitrogens with zero attached hydrogens (tertiary/aromatic N) is 1. The van der Waals surface area contributed by atoms with Crippen LogP contribution in [-0.4, -0.2) is 35.5 Å². The highest BCUT2D eigenvalue weighted by Crippen LogP contribution is 2.36. The summed E-state index contributed by atoms with van der Waals surface area (Å²) < 4.78 is 17.2. The molecule has 6 nitrogen and oxygen atoms in total. The van der Waals surface area contributed by atoms with Crippen molar-refractivity contribution in [2.75, 3.05) is 5.32 Å². The summed E-state index contributed by atoms with van der Waals surface area (Å²) in [4.78, 5) is 16.1. The van der Waals surface area contributed by atoms with E-state index in [1.807, 2.05) is 27.7 Å². The fourth-order valence-electron chi connectivity index (χ4n) is 2.41. The quantitative estimate of drug-likeness (QED) is 0.867. The van der Waals surface area contributed by atoms with Crippen LogP contribution < -0.4 is 10.9 Å². The lowest BCUT2D eigenvalue weighted by Gasteiger charge is -2.32. The minimum absolute atomic E-state index is 0.0550. The number of nitrogens with one attached hydrogen (secondary N) is 1. The van der Waals surface area contributed by atoms with E-state index in [9.17, 15) is 4.79 Å². The maximum Gasteiger partial charge on any atom is 0.514 e. The highest BCUT2D eigenvalue weighted by molar-refractivity contribution is 6.61. The van der Waals surface area contributed by atoms with Gasteiger partial charge in [-0.05, 0) is 59.1 Å². The second-order valence-electron chi connectivity index (χ2n) is 7.14. The highest BCUT2D eigenvalue weighted by atomic mass is 16.7. The summed E-state index contributed by atoms with van der Waals surface area (Å²) in [5, 5.41) is 2.73. The molecule has 23 heavy (non-hydrogen) atoms. The van der Waals surface area contributed by atoms with Crippen molar-refractivity contribution in [2.24, 2.45) is 0 Å². The number of rotatable bonds is 3. The number of anilines is 1. The minimum Gasteiger partial charge on any atom is -0.446 e. The molecule has 1 aromatic heterocycles. The number of carbonyl (C=O) groups is 1. The molecule has 1 aromatic rings. The van der Waals surface area contributed by atoms with Crippen molar-refractivity contribution < 1.29 is 18.8 Å². The van der Waals surface area contributed by atoms with Crippen molar-refractivity contribution in [3.05, 3.63) is 18.3 Å². The van der Waals surface area contributed by atoms with Gasteiger partial charge in [-0.2, -0.15) is 0 Å². The van der Waals surface area contributed by atoms with Gasteiger partial charge in [-0.3, -0.25) is 10.3 Å². The van der Waals surface area contributed by atoms with Gasteiger partial charge in [0.05, 0.1) is 16.8 Å². The van der Waals surface area contributed by atoms with Crippen LogP contribution in [0.5, 0.6) is 0 Å². The summed E-state index contributed by atoms with van der Waals surface area (Å²) >= 11 is 0. The molecule has 7 heteroatoms. The molecule has 2 heterocycles. The van der Waals surface area contributed by atoms with Crippen molar-refractivity contribution in [3.63, 3.8) is 0 Å². The molecule has 0 spiro atoms. The van der Waals surface area contributed by atoms with Gasteiger partial charge < -0.3 is 14.0 Å². The normalized spacial score (nSPS) is 22.5. The predicted octanol–water partition coefficient (Wildman–Crippen LogP) is 2.48. The van der Waals surface area contributed by atoms with Gasteiger partial charge in [-0.25, -0.2) is 4.79 Å². The topological polar surface area (TPSA) is 69.7 Å². The molecule has 2 fully saturated rings. The fraction of sp³-hybridized carbons (Fsp3) is 0.625. The lowest BCUT2D eigenvalue weighted by Crippen LogP contribution is -2.41. The number of hydrogen-bond donors (Lipinski definition) is 1. The molecule has 1 aliphatic heterocycles. The van der Waals surface area contributed by atoms with E-state index >= 15 is 0 Å². The number of aromatic nitrogens is 1. The third-order valence-corrected chi connectivity index (χ3v) is 4.85. The van der Waals surface area contributed by atoms with Crippen LogP contribution in [0.1, 0.15) is 47.0 Å². The smallest absolute Gasteiger partial charge is 0.446 e. The van der Waals surface area contributed by atoms with E-state index in [4.69, 9.17) is 14.0 Å². The Bertz CT molecular complexity index is 585. The first-order chi connectivity index (χ1) is 10.8. The lowest BCUT2D eigenvalue weighted by molar-refractivity contribution is 0.00578. The molecule has 2 aliphatic rings. The zero-order valence-corrected chi connectivity index (χ0v) is 14.1. The monoisotopic (exact) mass is 318 g/mol. The van der Waals surface area contributed by atoms with Crippen LogP contribution in [0.4, 0.5) is 10.5 Å². The Labute approximate surface area is 137 Å². The van der Waals surface area contributed by atoms with Crippen molar-refractivity contribution in [1.29, 1.82) is 0 Å². The maximum atomic E-state index is 11.8. The third kappa shape index (κ3) is 3.35. The molecule has 1 aliphatic carbocycles. The van der Waals surface area contributed by atoms with E-state index in [1.54, 1.807) is 18.3 Å². The first-order valence-electron chi connectivity index (χ1n) is 8.06. The summed E-state index contributed by atoms with van der Waals surface area (Å²) in [5.74, 6) is 0. The van der Waals surface area contributed by atoms with Crippen LogP contribution in [0.15, 0.2) is 18.3 Å². The Morgan fingerprint density at radius 3 is 2.52 bits per heavy atom. The maximum absolute atomic E-state index is 11.8. The van der Waals surface area contributed by atoms with Crippen LogP contribution >= 0.6 is 0 Å². The average Bonchev–Trinajstić information content (AvgIpc) is 2.63. The van der Waals surface area contributed by atoms with E-state index in [0.717, 1.165) is 19.3 Å². The number of amides is 1. The largest absolute Gasteiger partial charge is 0.514 e. The Kier molecular flexibility index (Phi) is 4.10. The third-order valence-electron chi connectivity index (χ3n) is 4.85. The van der Waals surface area contributed by atoms with Crippen LogP contribution in [0.25, 0.3) is 0 Å². The SMILES string of the molecule is CC1(C)OB(c2cc(NC(=O)OC3CCC3)ccn2)OC1(C)C.